The second kappa shape index (κ2) is 10.1. The molecule has 0 saturated carbocycles. The quantitative estimate of drug-likeness (QED) is 0.444. The van der Waals surface area contributed by atoms with Gasteiger partial charge in [-0.05, 0) is 44.0 Å². The van der Waals surface area contributed by atoms with Crippen molar-refractivity contribution in [1.82, 2.24) is 15.5 Å². The van der Waals surface area contributed by atoms with E-state index in [0.29, 0.717) is 25.5 Å². The lowest BCUT2D eigenvalue weighted by Gasteiger charge is -2.36. The number of morpholine rings is 1. The number of rotatable bonds is 6. The molecule has 1 fully saturated rings. The van der Waals surface area contributed by atoms with Crippen LogP contribution in [-0.2, 0) is 4.74 Å². The van der Waals surface area contributed by atoms with Crippen LogP contribution in [0.5, 0.6) is 0 Å². The van der Waals surface area contributed by atoms with Crippen molar-refractivity contribution in [2.75, 3.05) is 39.3 Å². The maximum absolute atomic E-state index is 11.9. The Morgan fingerprint density at radius 3 is 2.86 bits per heavy atom. The van der Waals surface area contributed by atoms with Gasteiger partial charge in [0.15, 0.2) is 11.7 Å². The van der Waals surface area contributed by atoms with Crippen molar-refractivity contribution in [3.05, 3.63) is 59.0 Å². The second-order valence-electron chi connectivity index (χ2n) is 7.13. The standard InChI is InChI=1S/C22H30N4O3/c1-4-23-22(25-10-9-24-21(27)19-6-5-12-28-19)26-11-13-29-20(15-26)18-8-7-16(2)14-17(18)3/h5-8,12,14,20H,4,9-11,13,15H2,1-3H3,(H,23,25)(H,24,27). The van der Waals surface area contributed by atoms with Crippen LogP contribution in [0.2, 0.25) is 0 Å². The van der Waals surface area contributed by atoms with Crippen molar-refractivity contribution in [3.63, 3.8) is 0 Å². The van der Waals surface area contributed by atoms with E-state index < -0.39 is 0 Å². The van der Waals surface area contributed by atoms with Gasteiger partial charge < -0.3 is 24.7 Å². The molecule has 7 nitrogen and oxygen atoms in total. The van der Waals surface area contributed by atoms with E-state index in [0.717, 1.165) is 25.6 Å². The number of aliphatic imine (C=N–C) groups is 1. The number of guanidine groups is 1. The van der Waals surface area contributed by atoms with Crippen LogP contribution in [0.3, 0.4) is 0 Å². The molecule has 0 spiro atoms. The molecule has 156 valence electrons. The van der Waals surface area contributed by atoms with Crippen LogP contribution < -0.4 is 10.6 Å². The van der Waals surface area contributed by atoms with E-state index in [1.165, 1.54) is 23.0 Å². The Kier molecular flexibility index (Phi) is 7.30. The second-order valence-corrected chi connectivity index (χ2v) is 7.13. The molecule has 1 amide bonds. The summed E-state index contributed by atoms with van der Waals surface area (Å²) in [6.45, 7) is 10.2. The van der Waals surface area contributed by atoms with E-state index in [2.05, 4.69) is 59.5 Å². The van der Waals surface area contributed by atoms with Crippen molar-refractivity contribution in [2.45, 2.75) is 26.9 Å². The average Bonchev–Trinajstić information content (AvgIpc) is 3.25. The van der Waals surface area contributed by atoms with Gasteiger partial charge in [0.25, 0.3) is 5.91 Å². The maximum Gasteiger partial charge on any atom is 0.287 e. The zero-order valence-electron chi connectivity index (χ0n) is 17.4. The largest absolute Gasteiger partial charge is 0.459 e. The molecule has 1 aliphatic rings. The van der Waals surface area contributed by atoms with Gasteiger partial charge in [0.05, 0.1) is 26.0 Å². The summed E-state index contributed by atoms with van der Waals surface area (Å²) in [5, 5.41) is 6.17. The molecule has 2 heterocycles. The number of furan rings is 1. The fraction of sp³-hybridized carbons (Fsp3) is 0.455. The highest BCUT2D eigenvalue weighted by Gasteiger charge is 2.25. The number of amides is 1. The van der Waals surface area contributed by atoms with Gasteiger partial charge in [0.1, 0.15) is 6.10 Å². The highest BCUT2D eigenvalue weighted by molar-refractivity contribution is 5.91. The number of nitrogens with zero attached hydrogens (tertiary/aromatic N) is 2. The third-order valence-electron chi connectivity index (χ3n) is 4.88. The third kappa shape index (κ3) is 5.60. The first kappa shape index (κ1) is 20.9. The first-order valence-corrected chi connectivity index (χ1v) is 10.1. The Bertz CT molecular complexity index is 833. The molecule has 1 aromatic heterocycles. The van der Waals surface area contributed by atoms with E-state index in [4.69, 9.17) is 9.15 Å². The summed E-state index contributed by atoms with van der Waals surface area (Å²) < 4.78 is 11.1. The topological polar surface area (TPSA) is 79.1 Å². The Morgan fingerprint density at radius 2 is 2.14 bits per heavy atom. The molecular formula is C22H30N4O3. The molecule has 2 aromatic rings. The van der Waals surface area contributed by atoms with Crippen molar-refractivity contribution < 1.29 is 13.9 Å². The molecule has 0 radical (unpaired) electrons. The lowest BCUT2D eigenvalue weighted by atomic mass is 10.00. The smallest absolute Gasteiger partial charge is 0.287 e. The van der Waals surface area contributed by atoms with Crippen LogP contribution in [0.4, 0.5) is 0 Å². The van der Waals surface area contributed by atoms with E-state index in [-0.39, 0.29) is 12.0 Å². The molecule has 0 bridgehead atoms. The summed E-state index contributed by atoms with van der Waals surface area (Å²) in [4.78, 5) is 18.9. The minimum atomic E-state index is -0.225. The van der Waals surface area contributed by atoms with E-state index in [1.807, 2.05) is 0 Å². The van der Waals surface area contributed by atoms with Crippen molar-refractivity contribution in [3.8, 4) is 0 Å². The predicted octanol–water partition coefficient (Wildman–Crippen LogP) is 2.67. The molecule has 1 aromatic carbocycles. The predicted molar refractivity (Wildman–Crippen MR) is 113 cm³/mol. The van der Waals surface area contributed by atoms with E-state index in [1.54, 1.807) is 12.1 Å². The molecule has 7 heteroatoms. The van der Waals surface area contributed by atoms with Crippen LogP contribution in [-0.4, -0.2) is 56.1 Å². The number of aryl methyl sites for hydroxylation is 2. The Balaban J connectivity index is 1.60. The molecule has 2 N–H and O–H groups in total. The maximum atomic E-state index is 11.9. The van der Waals surface area contributed by atoms with Crippen molar-refractivity contribution in [1.29, 1.82) is 0 Å². The van der Waals surface area contributed by atoms with Crippen LogP contribution in [0.15, 0.2) is 46.0 Å². The number of ether oxygens (including phenoxy) is 1. The van der Waals surface area contributed by atoms with Gasteiger partial charge in [-0.15, -0.1) is 0 Å². The molecule has 1 unspecified atom stereocenters. The Morgan fingerprint density at radius 1 is 1.28 bits per heavy atom. The van der Waals surface area contributed by atoms with Crippen LogP contribution >= 0.6 is 0 Å². The molecule has 0 aliphatic carbocycles. The van der Waals surface area contributed by atoms with Gasteiger partial charge in [-0.3, -0.25) is 9.79 Å². The minimum Gasteiger partial charge on any atom is -0.459 e. The first-order valence-electron chi connectivity index (χ1n) is 10.1. The summed E-state index contributed by atoms with van der Waals surface area (Å²) in [6.07, 6.45) is 1.51. The Hall–Kier alpha value is -2.80. The number of hydrogen-bond donors (Lipinski definition) is 2. The fourth-order valence-electron chi connectivity index (χ4n) is 3.47. The molecule has 29 heavy (non-hydrogen) atoms. The van der Waals surface area contributed by atoms with E-state index >= 15 is 0 Å². The SMILES string of the molecule is CCNC(=NCCNC(=O)c1ccco1)N1CCOC(c2ccc(C)cc2C)C1. The highest BCUT2D eigenvalue weighted by Crippen LogP contribution is 2.25. The number of nitrogens with one attached hydrogen (secondary N) is 2. The minimum absolute atomic E-state index is 0.0202. The highest BCUT2D eigenvalue weighted by atomic mass is 16.5. The number of carbonyl (C=O) groups excluding carboxylic acids is 1. The Labute approximate surface area is 172 Å². The summed E-state index contributed by atoms with van der Waals surface area (Å²) in [5.41, 5.74) is 3.73. The van der Waals surface area contributed by atoms with Crippen molar-refractivity contribution in [2.24, 2.45) is 4.99 Å². The summed E-state index contributed by atoms with van der Waals surface area (Å²) in [5.74, 6) is 0.930. The zero-order chi connectivity index (χ0) is 20.6. The monoisotopic (exact) mass is 398 g/mol. The number of benzene rings is 1. The van der Waals surface area contributed by atoms with Crippen LogP contribution in [0.25, 0.3) is 0 Å². The summed E-state index contributed by atoms with van der Waals surface area (Å²) in [7, 11) is 0. The number of hydrogen-bond acceptors (Lipinski definition) is 4. The molecule has 1 saturated heterocycles. The third-order valence-corrected chi connectivity index (χ3v) is 4.88. The first-order chi connectivity index (χ1) is 14.1. The van der Waals surface area contributed by atoms with Gasteiger partial charge in [0.2, 0.25) is 0 Å². The molecule has 3 rings (SSSR count). The van der Waals surface area contributed by atoms with Crippen LogP contribution in [0, 0.1) is 13.8 Å². The molecule has 1 atom stereocenters. The summed E-state index contributed by atoms with van der Waals surface area (Å²) >= 11 is 0. The molecular weight excluding hydrogens is 368 g/mol. The average molecular weight is 399 g/mol. The van der Waals surface area contributed by atoms with Gasteiger partial charge in [-0.25, -0.2) is 0 Å². The summed E-state index contributed by atoms with van der Waals surface area (Å²) in [6, 6.07) is 9.82. The van der Waals surface area contributed by atoms with Crippen LogP contribution in [0.1, 0.15) is 40.3 Å². The normalized spacial score (nSPS) is 17.3. The van der Waals surface area contributed by atoms with Gasteiger partial charge in [-0.2, -0.15) is 0 Å². The van der Waals surface area contributed by atoms with Gasteiger partial charge in [-0.1, -0.05) is 23.8 Å². The van der Waals surface area contributed by atoms with Gasteiger partial charge in [0, 0.05) is 19.6 Å². The van der Waals surface area contributed by atoms with Gasteiger partial charge >= 0.3 is 0 Å². The van der Waals surface area contributed by atoms with E-state index in [9.17, 15) is 4.79 Å². The number of carbonyl (C=O) groups is 1. The lowest BCUT2D eigenvalue weighted by Crippen LogP contribution is -2.48. The fourth-order valence-corrected chi connectivity index (χ4v) is 3.47. The zero-order valence-corrected chi connectivity index (χ0v) is 17.4. The molecule has 1 aliphatic heterocycles. The lowest BCUT2D eigenvalue weighted by molar-refractivity contribution is -0.00832. The van der Waals surface area contributed by atoms with Crippen molar-refractivity contribution >= 4 is 11.9 Å².